The molecule has 0 heterocycles. The first-order chi connectivity index (χ1) is 7.11. The molecule has 0 spiro atoms. The zero-order valence-electron chi connectivity index (χ0n) is 8.64. The largest absolute Gasteiger partial charge is 0.481 e. The molecule has 80 valence electrons. The van der Waals surface area contributed by atoms with E-state index >= 15 is 0 Å². The molecule has 0 unspecified atom stereocenters. The monoisotopic (exact) mass is 206 g/mol. The number of carbonyl (C=O) groups is 2. The van der Waals surface area contributed by atoms with Gasteiger partial charge in [-0.3, -0.25) is 9.59 Å². The van der Waals surface area contributed by atoms with Crippen LogP contribution in [0.3, 0.4) is 0 Å². The molecule has 3 nitrogen and oxygen atoms in total. The van der Waals surface area contributed by atoms with Gasteiger partial charge in [0.2, 0.25) is 0 Å². The number of ketones is 1. The number of carbonyl (C=O) groups excluding carboxylic acids is 1. The molecule has 2 rings (SSSR count). The normalized spacial score (nSPS) is 13.7. The second-order valence-electron chi connectivity index (χ2n) is 3.52. The summed E-state index contributed by atoms with van der Waals surface area (Å²) in [5, 5.41) is 7.42. The summed E-state index contributed by atoms with van der Waals surface area (Å²) in [5.41, 5.74) is 0.870. The van der Waals surface area contributed by atoms with Crippen molar-refractivity contribution in [2.24, 2.45) is 5.92 Å². The summed E-state index contributed by atoms with van der Waals surface area (Å²) >= 11 is 0. The van der Waals surface area contributed by atoms with Gasteiger partial charge in [-0.25, -0.2) is 0 Å². The van der Waals surface area contributed by atoms with Crippen LogP contribution in [0.5, 0.6) is 0 Å². The summed E-state index contributed by atoms with van der Waals surface area (Å²) in [6, 6.07) is 9.54. The maximum absolute atomic E-state index is 11.4. The lowest BCUT2D eigenvalue weighted by molar-refractivity contribution is -0.134. The number of aliphatic carboxylic acids is 1. The molecule has 0 amide bonds. The number of carboxylic acid groups (broad SMARTS) is 1. The van der Waals surface area contributed by atoms with Crippen LogP contribution in [0.25, 0.3) is 0 Å². The molecule has 1 N–H and O–H groups in total. The van der Waals surface area contributed by atoms with Crippen molar-refractivity contribution in [1.29, 1.82) is 0 Å². The highest BCUT2D eigenvalue weighted by atomic mass is 16.4. The van der Waals surface area contributed by atoms with Gasteiger partial charge in [-0.15, -0.1) is 0 Å². The van der Waals surface area contributed by atoms with E-state index in [1.54, 1.807) is 0 Å². The first kappa shape index (κ1) is 11.4. The SMILES string of the molecule is CC(=O)O.O=C(c1ccccc1)C1CC1. The second-order valence-corrected chi connectivity index (χ2v) is 3.52. The van der Waals surface area contributed by atoms with E-state index in [0.29, 0.717) is 11.7 Å². The summed E-state index contributed by atoms with van der Waals surface area (Å²) in [4.78, 5) is 20.4. The summed E-state index contributed by atoms with van der Waals surface area (Å²) in [7, 11) is 0. The van der Waals surface area contributed by atoms with Crippen molar-refractivity contribution in [2.45, 2.75) is 19.8 Å². The molecule has 0 aliphatic heterocycles. The van der Waals surface area contributed by atoms with Crippen LogP contribution >= 0.6 is 0 Å². The van der Waals surface area contributed by atoms with Gasteiger partial charge in [0, 0.05) is 18.4 Å². The van der Waals surface area contributed by atoms with Gasteiger partial charge >= 0.3 is 0 Å². The first-order valence-corrected chi connectivity index (χ1v) is 4.90. The number of carboxylic acids is 1. The lowest BCUT2D eigenvalue weighted by Gasteiger charge is -1.95. The van der Waals surface area contributed by atoms with Gasteiger partial charge in [0.1, 0.15) is 0 Å². The molecule has 0 saturated heterocycles. The Balaban J connectivity index is 0.000000245. The van der Waals surface area contributed by atoms with E-state index in [4.69, 9.17) is 9.90 Å². The van der Waals surface area contributed by atoms with Crippen molar-refractivity contribution in [3.63, 3.8) is 0 Å². The van der Waals surface area contributed by atoms with Crippen LogP contribution in [-0.4, -0.2) is 16.9 Å². The van der Waals surface area contributed by atoms with Crippen molar-refractivity contribution in [2.75, 3.05) is 0 Å². The van der Waals surface area contributed by atoms with E-state index in [2.05, 4.69) is 0 Å². The molecule has 0 aromatic heterocycles. The molecule has 1 aromatic carbocycles. The molecule has 0 atom stereocenters. The molecule has 15 heavy (non-hydrogen) atoms. The predicted octanol–water partition coefficient (Wildman–Crippen LogP) is 2.37. The molecule has 0 bridgehead atoms. The topological polar surface area (TPSA) is 54.4 Å². The molecule has 1 aromatic rings. The minimum atomic E-state index is -0.833. The fourth-order valence-electron chi connectivity index (χ4n) is 1.18. The van der Waals surface area contributed by atoms with Crippen LogP contribution in [0.4, 0.5) is 0 Å². The molecule has 1 saturated carbocycles. The van der Waals surface area contributed by atoms with Crippen molar-refractivity contribution >= 4 is 11.8 Å². The van der Waals surface area contributed by atoms with Crippen molar-refractivity contribution < 1.29 is 14.7 Å². The van der Waals surface area contributed by atoms with E-state index in [0.717, 1.165) is 25.3 Å². The quantitative estimate of drug-likeness (QED) is 0.756. The Bertz CT molecular complexity index is 335. The van der Waals surface area contributed by atoms with Gasteiger partial charge < -0.3 is 5.11 Å². The zero-order chi connectivity index (χ0) is 11.3. The third kappa shape index (κ3) is 4.40. The van der Waals surface area contributed by atoms with E-state index in [1.807, 2.05) is 30.3 Å². The molecular weight excluding hydrogens is 192 g/mol. The third-order valence-electron chi connectivity index (χ3n) is 2.01. The fourth-order valence-corrected chi connectivity index (χ4v) is 1.18. The smallest absolute Gasteiger partial charge is 0.300 e. The van der Waals surface area contributed by atoms with Crippen LogP contribution in [0.1, 0.15) is 30.1 Å². The lowest BCUT2D eigenvalue weighted by Crippen LogP contribution is -1.99. The van der Waals surface area contributed by atoms with Crippen molar-refractivity contribution in [3.8, 4) is 0 Å². The second kappa shape index (κ2) is 5.29. The minimum Gasteiger partial charge on any atom is -0.481 e. The van der Waals surface area contributed by atoms with Crippen LogP contribution in [0.15, 0.2) is 30.3 Å². The Labute approximate surface area is 88.7 Å². The average molecular weight is 206 g/mol. The summed E-state index contributed by atoms with van der Waals surface area (Å²) < 4.78 is 0. The molecular formula is C12H14O3. The fraction of sp³-hybridized carbons (Fsp3) is 0.333. The number of benzene rings is 1. The van der Waals surface area contributed by atoms with Gasteiger partial charge in [0.05, 0.1) is 0 Å². The average Bonchev–Trinajstić information content (AvgIpc) is 3.00. The molecule has 3 heteroatoms. The Hall–Kier alpha value is -1.64. The molecule has 1 aliphatic carbocycles. The van der Waals surface area contributed by atoms with Crippen LogP contribution < -0.4 is 0 Å². The van der Waals surface area contributed by atoms with Gasteiger partial charge in [-0.05, 0) is 12.8 Å². The number of Topliss-reactive ketones (excluding diaryl/α,β-unsaturated/α-hetero) is 1. The summed E-state index contributed by atoms with van der Waals surface area (Å²) in [6.45, 7) is 1.08. The Morgan fingerprint density at radius 2 is 1.67 bits per heavy atom. The molecule has 1 aliphatic rings. The Morgan fingerprint density at radius 3 is 2.07 bits per heavy atom. The van der Waals surface area contributed by atoms with Crippen LogP contribution in [-0.2, 0) is 4.79 Å². The number of hydrogen-bond donors (Lipinski definition) is 1. The maximum atomic E-state index is 11.4. The Kier molecular flexibility index (Phi) is 4.03. The number of hydrogen-bond acceptors (Lipinski definition) is 2. The highest BCUT2D eigenvalue weighted by molar-refractivity contribution is 5.99. The summed E-state index contributed by atoms with van der Waals surface area (Å²) in [6.07, 6.45) is 2.18. The van der Waals surface area contributed by atoms with E-state index in [9.17, 15) is 4.79 Å². The predicted molar refractivity (Wildman–Crippen MR) is 56.8 cm³/mol. The van der Waals surface area contributed by atoms with Gasteiger partial charge in [-0.1, -0.05) is 30.3 Å². The first-order valence-electron chi connectivity index (χ1n) is 4.90. The van der Waals surface area contributed by atoms with Crippen molar-refractivity contribution in [1.82, 2.24) is 0 Å². The highest BCUT2D eigenvalue weighted by Crippen LogP contribution is 2.32. The lowest BCUT2D eigenvalue weighted by atomic mass is 10.1. The van der Waals surface area contributed by atoms with E-state index < -0.39 is 5.97 Å². The van der Waals surface area contributed by atoms with Gasteiger partial charge in [0.15, 0.2) is 5.78 Å². The maximum Gasteiger partial charge on any atom is 0.300 e. The van der Waals surface area contributed by atoms with Gasteiger partial charge in [-0.2, -0.15) is 0 Å². The minimum absolute atomic E-state index is 0.325. The highest BCUT2D eigenvalue weighted by Gasteiger charge is 2.29. The summed E-state index contributed by atoms with van der Waals surface area (Å²) in [5.74, 6) is -0.164. The number of rotatable bonds is 2. The van der Waals surface area contributed by atoms with Crippen LogP contribution in [0.2, 0.25) is 0 Å². The zero-order valence-corrected chi connectivity index (χ0v) is 8.64. The third-order valence-corrected chi connectivity index (χ3v) is 2.01. The standard InChI is InChI=1S/C10H10O.C2H4O2/c11-10(9-6-7-9)8-4-2-1-3-5-8;1-2(3)4/h1-5,9H,6-7H2;1H3,(H,3,4). The van der Waals surface area contributed by atoms with Crippen LogP contribution in [0, 0.1) is 5.92 Å². The molecule has 1 fully saturated rings. The van der Waals surface area contributed by atoms with Gasteiger partial charge in [0.25, 0.3) is 5.97 Å². The molecule has 0 radical (unpaired) electrons. The Morgan fingerprint density at radius 1 is 1.20 bits per heavy atom. The van der Waals surface area contributed by atoms with E-state index in [1.165, 1.54) is 0 Å². The van der Waals surface area contributed by atoms with E-state index in [-0.39, 0.29) is 0 Å². The van der Waals surface area contributed by atoms with Crippen molar-refractivity contribution in [3.05, 3.63) is 35.9 Å².